The van der Waals surface area contributed by atoms with Crippen molar-refractivity contribution in [1.82, 2.24) is 4.98 Å². The van der Waals surface area contributed by atoms with Gasteiger partial charge >= 0.3 is 0 Å². The zero-order chi connectivity index (χ0) is 10.6. The molecule has 0 amide bonds. The third-order valence-corrected chi connectivity index (χ3v) is 2.29. The molecule has 1 heterocycles. The van der Waals surface area contributed by atoms with Crippen LogP contribution in [0.25, 0.3) is 0 Å². The third kappa shape index (κ3) is 3.33. The maximum absolute atomic E-state index is 5.90. The summed E-state index contributed by atoms with van der Waals surface area (Å²) in [5, 5.41) is 4.02. The fourth-order valence-corrected chi connectivity index (χ4v) is 1.19. The van der Waals surface area contributed by atoms with Gasteiger partial charge in [-0.3, -0.25) is 0 Å². The number of methoxy groups -OCH3 is 1. The van der Waals surface area contributed by atoms with E-state index in [2.05, 4.69) is 10.3 Å². The van der Waals surface area contributed by atoms with Crippen LogP contribution >= 0.6 is 23.2 Å². The molecule has 5 heteroatoms. The normalized spacial score (nSPS) is 12.6. The van der Waals surface area contributed by atoms with Gasteiger partial charge in [0.05, 0.1) is 11.1 Å². The van der Waals surface area contributed by atoms with Gasteiger partial charge in [-0.15, -0.1) is 0 Å². The van der Waals surface area contributed by atoms with Crippen molar-refractivity contribution < 1.29 is 4.74 Å². The van der Waals surface area contributed by atoms with Crippen molar-refractivity contribution in [3.63, 3.8) is 0 Å². The molecule has 3 nitrogen and oxygen atoms in total. The molecule has 0 aromatic carbocycles. The molecule has 1 aromatic rings. The lowest BCUT2D eigenvalue weighted by Gasteiger charge is -2.12. The number of rotatable bonds is 4. The van der Waals surface area contributed by atoms with Crippen LogP contribution in [0.3, 0.4) is 0 Å². The van der Waals surface area contributed by atoms with E-state index in [4.69, 9.17) is 27.9 Å². The standard InChI is InChI=1S/C9H12Cl2N2O/c1-6(14-2)5-12-9-7(10)3-4-8(11)13-9/h3-4,6H,5H2,1-2H3,(H,12,13). The summed E-state index contributed by atoms with van der Waals surface area (Å²) in [7, 11) is 1.65. The average Bonchev–Trinajstić information content (AvgIpc) is 2.19. The van der Waals surface area contributed by atoms with Gasteiger partial charge in [-0.05, 0) is 19.1 Å². The Bertz CT molecular complexity index is 307. The highest BCUT2D eigenvalue weighted by atomic mass is 35.5. The van der Waals surface area contributed by atoms with Gasteiger partial charge in [0.1, 0.15) is 11.0 Å². The lowest BCUT2D eigenvalue weighted by molar-refractivity contribution is 0.128. The Morgan fingerprint density at radius 2 is 2.21 bits per heavy atom. The van der Waals surface area contributed by atoms with Crippen molar-refractivity contribution in [2.45, 2.75) is 13.0 Å². The summed E-state index contributed by atoms with van der Waals surface area (Å²) in [5.74, 6) is 0.586. The molecule has 14 heavy (non-hydrogen) atoms. The summed E-state index contributed by atoms with van der Waals surface area (Å²) in [5.41, 5.74) is 0. The van der Waals surface area contributed by atoms with Crippen LogP contribution in [0.4, 0.5) is 5.82 Å². The highest BCUT2D eigenvalue weighted by Gasteiger charge is 2.04. The van der Waals surface area contributed by atoms with Gasteiger partial charge in [-0.1, -0.05) is 23.2 Å². The summed E-state index contributed by atoms with van der Waals surface area (Å²) in [4.78, 5) is 4.05. The van der Waals surface area contributed by atoms with E-state index in [1.807, 2.05) is 6.92 Å². The van der Waals surface area contributed by atoms with Gasteiger partial charge in [-0.2, -0.15) is 0 Å². The smallest absolute Gasteiger partial charge is 0.146 e. The van der Waals surface area contributed by atoms with E-state index in [0.717, 1.165) is 0 Å². The molecule has 1 N–H and O–H groups in total. The number of pyridine rings is 1. The number of halogens is 2. The summed E-state index contributed by atoms with van der Waals surface area (Å²) in [6.07, 6.45) is 0.104. The second-order valence-electron chi connectivity index (χ2n) is 2.89. The molecule has 1 rings (SSSR count). The molecule has 0 aliphatic carbocycles. The van der Waals surface area contributed by atoms with Crippen LogP contribution in [0.1, 0.15) is 6.92 Å². The highest BCUT2D eigenvalue weighted by molar-refractivity contribution is 6.34. The molecule has 0 radical (unpaired) electrons. The maximum Gasteiger partial charge on any atom is 0.146 e. The second-order valence-corrected chi connectivity index (χ2v) is 3.69. The molecule has 1 aromatic heterocycles. The fraction of sp³-hybridized carbons (Fsp3) is 0.444. The number of hydrogen-bond acceptors (Lipinski definition) is 3. The average molecular weight is 235 g/mol. The zero-order valence-electron chi connectivity index (χ0n) is 8.05. The van der Waals surface area contributed by atoms with E-state index in [1.165, 1.54) is 0 Å². The van der Waals surface area contributed by atoms with E-state index in [9.17, 15) is 0 Å². The lowest BCUT2D eigenvalue weighted by Crippen LogP contribution is -2.18. The predicted octanol–water partition coefficient (Wildman–Crippen LogP) is 2.84. The van der Waals surface area contributed by atoms with Crippen LogP contribution in [0.5, 0.6) is 0 Å². The number of ether oxygens (including phenoxy) is 1. The lowest BCUT2D eigenvalue weighted by atomic mass is 10.4. The van der Waals surface area contributed by atoms with Gasteiger partial charge in [0.25, 0.3) is 0 Å². The molecule has 0 saturated heterocycles. The largest absolute Gasteiger partial charge is 0.380 e. The van der Waals surface area contributed by atoms with Crippen molar-refractivity contribution >= 4 is 29.0 Å². The first-order valence-corrected chi connectivity index (χ1v) is 4.97. The van der Waals surface area contributed by atoms with E-state index >= 15 is 0 Å². The van der Waals surface area contributed by atoms with Crippen molar-refractivity contribution in [3.05, 3.63) is 22.3 Å². The summed E-state index contributed by atoms with van der Waals surface area (Å²) in [6.45, 7) is 2.59. The van der Waals surface area contributed by atoms with Crippen molar-refractivity contribution in [2.24, 2.45) is 0 Å². The minimum absolute atomic E-state index is 0.104. The molecular formula is C9H12Cl2N2O. The van der Waals surface area contributed by atoms with Crippen LogP contribution in [0, 0.1) is 0 Å². The quantitative estimate of drug-likeness (QED) is 0.815. The molecule has 0 fully saturated rings. The first-order chi connectivity index (χ1) is 6.63. The molecule has 0 aliphatic heterocycles. The monoisotopic (exact) mass is 234 g/mol. The topological polar surface area (TPSA) is 34.1 Å². The molecule has 0 spiro atoms. The van der Waals surface area contributed by atoms with Crippen LogP contribution in [-0.4, -0.2) is 24.7 Å². The van der Waals surface area contributed by atoms with Gasteiger partial charge in [0, 0.05) is 13.7 Å². The molecule has 0 aliphatic rings. The number of anilines is 1. The van der Waals surface area contributed by atoms with Gasteiger partial charge < -0.3 is 10.1 Å². The summed E-state index contributed by atoms with van der Waals surface area (Å²) >= 11 is 11.6. The van der Waals surface area contributed by atoms with Crippen LogP contribution in [0.2, 0.25) is 10.2 Å². The fourth-order valence-electron chi connectivity index (χ4n) is 0.866. The Labute approximate surface area is 93.4 Å². The highest BCUT2D eigenvalue weighted by Crippen LogP contribution is 2.21. The first-order valence-electron chi connectivity index (χ1n) is 4.22. The Morgan fingerprint density at radius 1 is 1.50 bits per heavy atom. The molecule has 1 atom stereocenters. The van der Waals surface area contributed by atoms with Crippen molar-refractivity contribution in [3.8, 4) is 0 Å². The van der Waals surface area contributed by atoms with Crippen LogP contribution in [-0.2, 0) is 4.74 Å². The summed E-state index contributed by atoms with van der Waals surface area (Å²) < 4.78 is 5.08. The Kier molecular flexibility index (Phi) is 4.45. The van der Waals surface area contributed by atoms with E-state index in [0.29, 0.717) is 22.5 Å². The third-order valence-electron chi connectivity index (χ3n) is 1.77. The van der Waals surface area contributed by atoms with Gasteiger partial charge in [0.2, 0.25) is 0 Å². The number of aromatic nitrogens is 1. The van der Waals surface area contributed by atoms with Crippen molar-refractivity contribution in [1.29, 1.82) is 0 Å². The predicted molar refractivity (Wildman–Crippen MR) is 59.2 cm³/mol. The zero-order valence-corrected chi connectivity index (χ0v) is 9.56. The van der Waals surface area contributed by atoms with E-state index < -0.39 is 0 Å². The minimum Gasteiger partial charge on any atom is -0.380 e. The molecule has 78 valence electrons. The Hall–Kier alpha value is -0.510. The number of hydrogen-bond donors (Lipinski definition) is 1. The maximum atomic E-state index is 5.90. The Morgan fingerprint density at radius 3 is 2.86 bits per heavy atom. The molecule has 0 saturated carbocycles. The molecule has 0 bridgehead atoms. The number of nitrogens with one attached hydrogen (secondary N) is 1. The van der Waals surface area contributed by atoms with Crippen LogP contribution in [0.15, 0.2) is 12.1 Å². The first kappa shape index (κ1) is 11.6. The second kappa shape index (κ2) is 5.39. The van der Waals surface area contributed by atoms with Gasteiger partial charge in [0.15, 0.2) is 0 Å². The van der Waals surface area contributed by atoms with Crippen LogP contribution < -0.4 is 5.32 Å². The SMILES string of the molecule is COC(C)CNc1nc(Cl)ccc1Cl. The molecular weight excluding hydrogens is 223 g/mol. The van der Waals surface area contributed by atoms with Crippen molar-refractivity contribution in [2.75, 3.05) is 19.0 Å². The summed E-state index contributed by atoms with van der Waals surface area (Å²) in [6, 6.07) is 3.35. The minimum atomic E-state index is 0.104. The van der Waals surface area contributed by atoms with Gasteiger partial charge in [-0.25, -0.2) is 4.98 Å². The Balaban J connectivity index is 2.62. The molecule has 1 unspecified atom stereocenters. The van der Waals surface area contributed by atoms with E-state index in [-0.39, 0.29) is 6.10 Å². The van der Waals surface area contributed by atoms with E-state index in [1.54, 1.807) is 19.2 Å². The number of nitrogens with zero attached hydrogens (tertiary/aromatic N) is 1.